The number of ether oxygens (including phenoxy) is 1. The Morgan fingerprint density at radius 2 is 2.00 bits per heavy atom. The Morgan fingerprint density at radius 3 is 2.86 bits per heavy atom. The molecule has 0 bridgehead atoms. The van der Waals surface area contributed by atoms with Gasteiger partial charge in [0.1, 0.15) is 12.4 Å². The normalized spacial score (nSPS) is 12.0. The second kappa shape index (κ2) is 4.77. The van der Waals surface area contributed by atoms with Gasteiger partial charge in [0.2, 0.25) is 0 Å². The van der Waals surface area contributed by atoms with Gasteiger partial charge < -0.3 is 4.74 Å². The first-order valence-electron chi connectivity index (χ1n) is 7.15. The largest absolute Gasteiger partial charge is 0.489 e. The maximum Gasteiger partial charge on any atom is 0.120 e. The maximum atomic E-state index is 5.89. The minimum Gasteiger partial charge on any atom is -0.489 e. The van der Waals surface area contributed by atoms with Gasteiger partial charge in [-0.1, -0.05) is 30.3 Å². The summed E-state index contributed by atoms with van der Waals surface area (Å²) >= 11 is 0. The molecule has 1 aliphatic rings. The van der Waals surface area contributed by atoms with Gasteiger partial charge in [-0.25, -0.2) is 0 Å². The van der Waals surface area contributed by atoms with Crippen molar-refractivity contribution < 1.29 is 4.74 Å². The highest BCUT2D eigenvalue weighted by molar-refractivity contribution is 5.75. The van der Waals surface area contributed by atoms with Crippen molar-refractivity contribution in [3.8, 4) is 17.0 Å². The number of nitrogens with zero attached hydrogens (tertiary/aromatic N) is 1. The SMILES string of the molecule is Cc1[nH]nc2c1Cc1cc(OCc3ccccc3)ccc1-2. The molecule has 0 unspecified atom stereocenters. The van der Waals surface area contributed by atoms with Crippen LogP contribution in [0.1, 0.15) is 22.4 Å². The minimum atomic E-state index is 0.601. The summed E-state index contributed by atoms with van der Waals surface area (Å²) in [5.74, 6) is 0.921. The average Bonchev–Trinajstić information content (AvgIpc) is 3.06. The van der Waals surface area contributed by atoms with Gasteiger partial charge in [-0.2, -0.15) is 5.10 Å². The number of fused-ring (bicyclic) bond motifs is 3. The zero-order chi connectivity index (χ0) is 14.2. The monoisotopic (exact) mass is 276 g/mol. The number of aromatic nitrogens is 2. The maximum absolute atomic E-state index is 5.89. The van der Waals surface area contributed by atoms with Crippen LogP contribution < -0.4 is 4.74 Å². The first kappa shape index (κ1) is 12.2. The Morgan fingerprint density at radius 1 is 1.14 bits per heavy atom. The molecule has 2 aromatic carbocycles. The Hall–Kier alpha value is -2.55. The zero-order valence-electron chi connectivity index (χ0n) is 11.9. The molecule has 1 N–H and O–H groups in total. The summed E-state index contributed by atoms with van der Waals surface area (Å²) in [6.07, 6.45) is 0.940. The average molecular weight is 276 g/mol. The van der Waals surface area contributed by atoms with E-state index in [2.05, 4.69) is 41.4 Å². The van der Waals surface area contributed by atoms with Crippen molar-refractivity contribution in [1.29, 1.82) is 0 Å². The molecule has 1 aliphatic carbocycles. The van der Waals surface area contributed by atoms with Gasteiger partial charge in [0.15, 0.2) is 0 Å². The Kier molecular flexibility index (Phi) is 2.78. The number of H-pyrrole nitrogens is 1. The van der Waals surface area contributed by atoms with Crippen LogP contribution in [-0.4, -0.2) is 10.2 Å². The number of aryl methyl sites for hydroxylation is 1. The van der Waals surface area contributed by atoms with E-state index in [9.17, 15) is 0 Å². The van der Waals surface area contributed by atoms with Gasteiger partial charge in [-0.05, 0) is 36.2 Å². The van der Waals surface area contributed by atoms with Crippen LogP contribution in [0.25, 0.3) is 11.3 Å². The molecule has 3 aromatic rings. The molecular weight excluding hydrogens is 260 g/mol. The second-order valence-corrected chi connectivity index (χ2v) is 5.45. The molecule has 0 spiro atoms. The van der Waals surface area contributed by atoms with Crippen molar-refractivity contribution in [2.75, 3.05) is 0 Å². The van der Waals surface area contributed by atoms with Crippen molar-refractivity contribution in [2.45, 2.75) is 20.0 Å². The lowest BCUT2D eigenvalue weighted by Crippen LogP contribution is -1.96. The molecule has 3 heteroatoms. The van der Waals surface area contributed by atoms with Crippen molar-refractivity contribution in [2.24, 2.45) is 0 Å². The number of aromatic amines is 1. The zero-order valence-corrected chi connectivity index (χ0v) is 11.9. The summed E-state index contributed by atoms with van der Waals surface area (Å²) in [5, 5.41) is 7.46. The van der Waals surface area contributed by atoms with E-state index >= 15 is 0 Å². The van der Waals surface area contributed by atoms with Gasteiger partial charge in [0, 0.05) is 23.2 Å². The van der Waals surface area contributed by atoms with E-state index in [0.29, 0.717) is 6.61 Å². The summed E-state index contributed by atoms with van der Waals surface area (Å²) < 4.78 is 5.89. The van der Waals surface area contributed by atoms with Crippen LogP contribution in [0.15, 0.2) is 48.5 Å². The molecule has 0 radical (unpaired) electrons. The summed E-state index contributed by atoms with van der Waals surface area (Å²) in [5.41, 5.74) is 7.27. The summed E-state index contributed by atoms with van der Waals surface area (Å²) in [6.45, 7) is 2.67. The van der Waals surface area contributed by atoms with Crippen molar-refractivity contribution >= 4 is 0 Å². The smallest absolute Gasteiger partial charge is 0.120 e. The molecule has 0 atom stereocenters. The lowest BCUT2D eigenvalue weighted by molar-refractivity contribution is 0.306. The Balaban J connectivity index is 1.56. The molecule has 104 valence electrons. The third kappa shape index (κ3) is 2.11. The molecular formula is C18H16N2O. The quantitative estimate of drug-likeness (QED) is 0.617. The van der Waals surface area contributed by atoms with Crippen LogP contribution in [0, 0.1) is 6.92 Å². The Bertz CT molecular complexity index is 790. The molecule has 3 nitrogen and oxygen atoms in total. The number of nitrogens with one attached hydrogen (secondary N) is 1. The van der Waals surface area contributed by atoms with Crippen LogP contribution in [0.4, 0.5) is 0 Å². The van der Waals surface area contributed by atoms with Gasteiger partial charge in [0.25, 0.3) is 0 Å². The molecule has 0 saturated carbocycles. The van der Waals surface area contributed by atoms with Gasteiger partial charge in [-0.3, -0.25) is 5.10 Å². The second-order valence-electron chi connectivity index (χ2n) is 5.45. The van der Waals surface area contributed by atoms with Crippen molar-refractivity contribution in [3.63, 3.8) is 0 Å². The molecule has 1 aromatic heterocycles. The minimum absolute atomic E-state index is 0.601. The van der Waals surface area contributed by atoms with Crippen LogP contribution in [0.2, 0.25) is 0 Å². The van der Waals surface area contributed by atoms with E-state index in [4.69, 9.17) is 4.74 Å². The fourth-order valence-corrected chi connectivity index (χ4v) is 2.86. The van der Waals surface area contributed by atoms with Crippen molar-refractivity contribution in [3.05, 3.63) is 70.9 Å². The molecule has 21 heavy (non-hydrogen) atoms. The summed E-state index contributed by atoms with van der Waals surface area (Å²) in [7, 11) is 0. The third-order valence-electron chi connectivity index (χ3n) is 4.02. The standard InChI is InChI=1S/C18H16N2O/c1-12-17-10-14-9-15(7-8-16(14)18(17)20-19-12)21-11-13-5-3-2-4-6-13/h2-9H,10-11H2,1H3,(H,19,20). The van der Waals surface area contributed by atoms with E-state index < -0.39 is 0 Å². The van der Waals surface area contributed by atoms with E-state index in [1.165, 1.54) is 22.3 Å². The first-order chi connectivity index (χ1) is 10.3. The van der Waals surface area contributed by atoms with Gasteiger partial charge in [-0.15, -0.1) is 0 Å². The number of hydrogen-bond donors (Lipinski definition) is 1. The third-order valence-corrected chi connectivity index (χ3v) is 4.02. The predicted molar refractivity (Wildman–Crippen MR) is 82.3 cm³/mol. The summed E-state index contributed by atoms with van der Waals surface area (Å²) in [6, 6.07) is 16.5. The van der Waals surface area contributed by atoms with E-state index in [1.807, 2.05) is 24.3 Å². The number of hydrogen-bond acceptors (Lipinski definition) is 2. The summed E-state index contributed by atoms with van der Waals surface area (Å²) in [4.78, 5) is 0. The molecule has 0 aliphatic heterocycles. The highest BCUT2D eigenvalue weighted by Gasteiger charge is 2.23. The molecule has 0 fully saturated rings. The fraction of sp³-hybridized carbons (Fsp3) is 0.167. The predicted octanol–water partition coefficient (Wildman–Crippen LogP) is 3.87. The lowest BCUT2D eigenvalue weighted by Gasteiger charge is -2.08. The van der Waals surface area contributed by atoms with Crippen LogP contribution in [0.3, 0.4) is 0 Å². The fourth-order valence-electron chi connectivity index (χ4n) is 2.86. The Labute approximate surface area is 123 Å². The van der Waals surface area contributed by atoms with Crippen LogP contribution in [0.5, 0.6) is 5.75 Å². The highest BCUT2D eigenvalue weighted by Crippen LogP contribution is 2.38. The first-order valence-corrected chi connectivity index (χ1v) is 7.15. The number of rotatable bonds is 3. The number of benzene rings is 2. The van der Waals surface area contributed by atoms with E-state index in [1.54, 1.807) is 0 Å². The van der Waals surface area contributed by atoms with E-state index in [-0.39, 0.29) is 0 Å². The van der Waals surface area contributed by atoms with Crippen LogP contribution >= 0.6 is 0 Å². The molecule has 0 amide bonds. The van der Waals surface area contributed by atoms with Gasteiger partial charge in [0.05, 0.1) is 5.69 Å². The highest BCUT2D eigenvalue weighted by atomic mass is 16.5. The topological polar surface area (TPSA) is 37.9 Å². The van der Waals surface area contributed by atoms with E-state index in [0.717, 1.165) is 23.6 Å². The lowest BCUT2D eigenvalue weighted by atomic mass is 10.1. The molecule has 1 heterocycles. The molecule has 4 rings (SSSR count). The van der Waals surface area contributed by atoms with Gasteiger partial charge >= 0.3 is 0 Å². The van der Waals surface area contributed by atoms with Crippen molar-refractivity contribution in [1.82, 2.24) is 10.2 Å². The van der Waals surface area contributed by atoms with Crippen LogP contribution in [-0.2, 0) is 13.0 Å². The molecule has 0 saturated heterocycles.